The van der Waals surface area contributed by atoms with Gasteiger partial charge in [0.1, 0.15) is 0 Å². The molecule has 110 valence electrons. The van der Waals surface area contributed by atoms with Crippen molar-refractivity contribution in [3.05, 3.63) is 29.8 Å². The summed E-state index contributed by atoms with van der Waals surface area (Å²) in [6.45, 7) is 5.13. The number of amides is 1. The second-order valence-electron chi connectivity index (χ2n) is 6.35. The van der Waals surface area contributed by atoms with Crippen molar-refractivity contribution in [1.29, 1.82) is 0 Å². The molecule has 0 atom stereocenters. The molecule has 1 N–H and O–H groups in total. The van der Waals surface area contributed by atoms with Crippen molar-refractivity contribution in [2.45, 2.75) is 46.0 Å². The molecule has 4 heteroatoms. The van der Waals surface area contributed by atoms with Gasteiger partial charge >= 0.3 is 0 Å². The van der Waals surface area contributed by atoms with Crippen LogP contribution in [0.2, 0.25) is 0 Å². The largest absolute Gasteiger partial charge is 0.351 e. The number of halogens is 1. The molecular weight excluding hydrogens is 255 g/mol. The first-order valence-electron chi connectivity index (χ1n) is 7.40. The molecule has 1 amide bonds. The zero-order valence-corrected chi connectivity index (χ0v) is 12.3. The van der Waals surface area contributed by atoms with Crippen molar-refractivity contribution >= 4 is 5.91 Å². The fourth-order valence-electron chi connectivity index (χ4n) is 3.36. The van der Waals surface area contributed by atoms with Gasteiger partial charge in [-0.15, -0.1) is 0 Å². The number of nitrogens with zero attached hydrogens (tertiary/aromatic N) is 1. The zero-order valence-electron chi connectivity index (χ0n) is 12.3. The summed E-state index contributed by atoms with van der Waals surface area (Å²) in [5, 5.41) is 2.98. The van der Waals surface area contributed by atoms with E-state index in [1.165, 1.54) is 37.9 Å². The van der Waals surface area contributed by atoms with E-state index >= 15 is 0 Å². The highest BCUT2D eigenvalue weighted by Crippen LogP contribution is 2.42. The van der Waals surface area contributed by atoms with E-state index in [0.717, 1.165) is 6.42 Å². The lowest BCUT2D eigenvalue weighted by Crippen LogP contribution is -2.36. The topological polar surface area (TPSA) is 42.0 Å². The van der Waals surface area contributed by atoms with Gasteiger partial charge in [-0.25, -0.2) is 4.98 Å². The molecule has 20 heavy (non-hydrogen) atoms. The second-order valence-corrected chi connectivity index (χ2v) is 6.35. The summed E-state index contributed by atoms with van der Waals surface area (Å²) in [7, 11) is 0. The summed E-state index contributed by atoms with van der Waals surface area (Å²) in [6, 6.07) is 2.72. The van der Waals surface area contributed by atoms with Crippen LogP contribution in [0, 0.1) is 17.3 Å². The van der Waals surface area contributed by atoms with Gasteiger partial charge in [0, 0.05) is 24.4 Å². The van der Waals surface area contributed by atoms with E-state index in [4.69, 9.17) is 0 Å². The highest BCUT2D eigenvalue weighted by atomic mass is 19.1. The number of carbonyl (C=O) groups is 1. The van der Waals surface area contributed by atoms with Gasteiger partial charge in [0.2, 0.25) is 5.95 Å². The molecule has 1 aromatic heterocycles. The summed E-state index contributed by atoms with van der Waals surface area (Å²) in [5.74, 6) is -0.194. The second kappa shape index (κ2) is 6.33. The van der Waals surface area contributed by atoms with Gasteiger partial charge in [-0.1, -0.05) is 26.7 Å². The van der Waals surface area contributed by atoms with E-state index in [0.29, 0.717) is 18.0 Å². The van der Waals surface area contributed by atoms with E-state index in [1.807, 2.05) is 0 Å². The molecule has 2 rings (SSSR count). The first-order valence-corrected chi connectivity index (χ1v) is 7.40. The zero-order chi connectivity index (χ0) is 14.6. The van der Waals surface area contributed by atoms with Gasteiger partial charge in [-0.3, -0.25) is 4.79 Å². The lowest BCUT2D eigenvalue weighted by Gasteiger charge is -2.31. The van der Waals surface area contributed by atoms with Crippen LogP contribution < -0.4 is 5.32 Å². The minimum Gasteiger partial charge on any atom is -0.351 e. The molecule has 1 fully saturated rings. The van der Waals surface area contributed by atoms with Crippen molar-refractivity contribution in [1.82, 2.24) is 10.3 Å². The number of carbonyl (C=O) groups excluding carboxylic acids is 1. The number of pyridine rings is 1. The Hall–Kier alpha value is -1.45. The van der Waals surface area contributed by atoms with Crippen molar-refractivity contribution < 1.29 is 9.18 Å². The predicted octanol–water partition coefficient (Wildman–Crippen LogP) is 3.56. The Kier molecular flexibility index (Phi) is 4.73. The van der Waals surface area contributed by atoms with Crippen LogP contribution in [0.15, 0.2) is 18.3 Å². The van der Waals surface area contributed by atoms with Crippen LogP contribution >= 0.6 is 0 Å². The Labute approximate surface area is 120 Å². The highest BCUT2D eigenvalue weighted by Gasteiger charge is 2.34. The molecule has 3 nitrogen and oxygen atoms in total. The van der Waals surface area contributed by atoms with E-state index < -0.39 is 5.95 Å². The Bertz CT molecular complexity index is 467. The Balaban J connectivity index is 1.97. The van der Waals surface area contributed by atoms with Crippen molar-refractivity contribution in [2.24, 2.45) is 11.3 Å². The molecule has 1 aliphatic rings. The number of hydrogen-bond donors (Lipinski definition) is 1. The van der Waals surface area contributed by atoms with Gasteiger partial charge in [-0.2, -0.15) is 4.39 Å². The summed E-state index contributed by atoms with van der Waals surface area (Å²) >= 11 is 0. The predicted molar refractivity (Wildman–Crippen MR) is 76.9 cm³/mol. The van der Waals surface area contributed by atoms with Gasteiger partial charge < -0.3 is 5.32 Å². The Morgan fingerprint density at radius 1 is 1.45 bits per heavy atom. The molecule has 1 saturated carbocycles. The molecule has 0 radical (unpaired) electrons. The number of aromatic nitrogens is 1. The summed E-state index contributed by atoms with van der Waals surface area (Å²) in [5.41, 5.74) is 0.574. The minimum atomic E-state index is -0.615. The van der Waals surface area contributed by atoms with E-state index in [9.17, 15) is 9.18 Å². The summed E-state index contributed by atoms with van der Waals surface area (Å²) in [4.78, 5) is 15.5. The van der Waals surface area contributed by atoms with Crippen molar-refractivity contribution in [3.8, 4) is 0 Å². The Morgan fingerprint density at radius 2 is 2.15 bits per heavy atom. The molecule has 1 heterocycles. The fraction of sp³-hybridized carbons (Fsp3) is 0.625. The maximum absolute atomic E-state index is 13.0. The van der Waals surface area contributed by atoms with Gasteiger partial charge in [0.25, 0.3) is 5.91 Å². The smallest absolute Gasteiger partial charge is 0.251 e. The molecule has 0 aliphatic heterocycles. The molecule has 0 spiro atoms. The molecular formula is C16H23FN2O. The molecule has 1 aromatic rings. The molecule has 0 bridgehead atoms. The maximum atomic E-state index is 13.0. The van der Waals surface area contributed by atoms with Crippen molar-refractivity contribution in [2.75, 3.05) is 6.54 Å². The monoisotopic (exact) mass is 278 g/mol. The van der Waals surface area contributed by atoms with E-state index in [1.54, 1.807) is 6.07 Å². The van der Waals surface area contributed by atoms with Gasteiger partial charge in [0.05, 0.1) is 0 Å². The number of hydrogen-bond acceptors (Lipinski definition) is 2. The fourth-order valence-corrected chi connectivity index (χ4v) is 3.36. The standard InChI is InChI=1S/C16H23FN2O/c1-12(2)10-16(6-3-4-7-16)11-19-15(20)13-5-8-18-14(17)9-13/h5,8-9,12H,3-4,6-7,10-11H2,1-2H3,(H,19,20). The average molecular weight is 278 g/mol. The summed E-state index contributed by atoms with van der Waals surface area (Å²) in [6.07, 6.45) is 7.30. The number of nitrogens with one attached hydrogen (secondary N) is 1. The van der Waals surface area contributed by atoms with E-state index in [-0.39, 0.29) is 11.3 Å². The van der Waals surface area contributed by atoms with Crippen molar-refractivity contribution in [3.63, 3.8) is 0 Å². The lowest BCUT2D eigenvalue weighted by atomic mass is 9.78. The molecule has 1 aliphatic carbocycles. The van der Waals surface area contributed by atoms with Crippen LogP contribution in [0.3, 0.4) is 0 Å². The third-order valence-electron chi connectivity index (χ3n) is 4.12. The van der Waals surface area contributed by atoms with Crippen LogP contribution in [0.5, 0.6) is 0 Å². The average Bonchev–Trinajstić information content (AvgIpc) is 2.84. The maximum Gasteiger partial charge on any atom is 0.251 e. The SMILES string of the molecule is CC(C)CC1(CNC(=O)c2ccnc(F)c2)CCCC1. The first-order chi connectivity index (χ1) is 9.51. The molecule has 0 saturated heterocycles. The number of rotatable bonds is 5. The van der Waals surface area contributed by atoms with Crippen LogP contribution in [0.25, 0.3) is 0 Å². The van der Waals surface area contributed by atoms with Crippen LogP contribution in [0.1, 0.15) is 56.3 Å². The third kappa shape index (κ3) is 3.78. The highest BCUT2D eigenvalue weighted by molar-refractivity contribution is 5.94. The van der Waals surface area contributed by atoms with Gasteiger partial charge in [0.15, 0.2) is 0 Å². The van der Waals surface area contributed by atoms with E-state index in [2.05, 4.69) is 24.1 Å². The molecule has 0 unspecified atom stereocenters. The normalized spacial score (nSPS) is 17.4. The van der Waals surface area contributed by atoms with Crippen LogP contribution in [-0.2, 0) is 0 Å². The summed E-state index contributed by atoms with van der Waals surface area (Å²) < 4.78 is 13.0. The Morgan fingerprint density at radius 3 is 2.75 bits per heavy atom. The van der Waals surface area contributed by atoms with Crippen LogP contribution in [-0.4, -0.2) is 17.4 Å². The van der Waals surface area contributed by atoms with Crippen LogP contribution in [0.4, 0.5) is 4.39 Å². The lowest BCUT2D eigenvalue weighted by molar-refractivity contribution is 0.0921. The van der Waals surface area contributed by atoms with Gasteiger partial charge in [-0.05, 0) is 36.7 Å². The third-order valence-corrected chi connectivity index (χ3v) is 4.12. The first kappa shape index (κ1) is 14.9. The quantitative estimate of drug-likeness (QED) is 0.837. The minimum absolute atomic E-state index is 0.207. The molecule has 0 aromatic carbocycles.